The van der Waals surface area contributed by atoms with Crippen LogP contribution in [0.2, 0.25) is 0 Å². The van der Waals surface area contributed by atoms with Gasteiger partial charge in [-0.2, -0.15) is 13.2 Å². The minimum absolute atomic E-state index is 0.316. The number of halogens is 3. The van der Waals surface area contributed by atoms with Gasteiger partial charge in [0.05, 0.1) is 31.7 Å². The van der Waals surface area contributed by atoms with Crippen LogP contribution in [0.15, 0.2) is 54.6 Å². The molecule has 0 atom stereocenters. The number of fused-ring (bicyclic) bond motifs is 1. The summed E-state index contributed by atoms with van der Waals surface area (Å²) in [5.41, 5.74) is 0.316. The lowest BCUT2D eigenvalue weighted by Crippen LogP contribution is -3.15. The predicted molar refractivity (Wildman–Crippen MR) is 104 cm³/mol. The third-order valence-electron chi connectivity index (χ3n) is 5.07. The molecule has 5 nitrogen and oxygen atoms in total. The lowest BCUT2D eigenvalue weighted by Gasteiger charge is -2.33. The first-order valence-corrected chi connectivity index (χ1v) is 9.61. The van der Waals surface area contributed by atoms with Gasteiger partial charge in [-0.1, -0.05) is 30.3 Å². The number of nitrogens with zero attached hydrogens (tertiary/aromatic N) is 3. The van der Waals surface area contributed by atoms with Gasteiger partial charge < -0.3 is 14.5 Å². The average molecular weight is 403 g/mol. The smallest absolute Gasteiger partial charge is 0.451 e. The second-order valence-corrected chi connectivity index (χ2v) is 7.03. The number of anilines is 1. The lowest BCUT2D eigenvalue weighted by atomic mass is 10.2. The van der Waals surface area contributed by atoms with Gasteiger partial charge in [-0.3, -0.25) is 0 Å². The average Bonchev–Trinajstić information content (AvgIpc) is 2.74. The number of aromatic nitrogens is 2. The summed E-state index contributed by atoms with van der Waals surface area (Å²) in [6, 6.07) is 16.5. The molecule has 0 unspecified atom stereocenters. The maximum atomic E-state index is 13.2. The molecule has 8 heteroatoms. The van der Waals surface area contributed by atoms with Gasteiger partial charge in [0, 0.05) is 5.39 Å². The van der Waals surface area contributed by atoms with E-state index in [4.69, 9.17) is 4.74 Å². The van der Waals surface area contributed by atoms with Gasteiger partial charge in [0.2, 0.25) is 5.82 Å². The SMILES string of the molecule is FC(F)(F)c1nc(N2CC[NH+](CCOc3ccccc3)CC2)c2ccccc2n1. The van der Waals surface area contributed by atoms with E-state index in [-0.39, 0.29) is 0 Å². The Labute approximate surface area is 166 Å². The van der Waals surface area contributed by atoms with Crippen LogP contribution in [0.3, 0.4) is 0 Å². The summed E-state index contributed by atoms with van der Waals surface area (Å²) in [4.78, 5) is 10.9. The number of hydrogen-bond acceptors (Lipinski definition) is 4. The fourth-order valence-electron chi connectivity index (χ4n) is 3.54. The number of para-hydroxylation sites is 2. The second-order valence-electron chi connectivity index (χ2n) is 7.03. The normalized spacial score (nSPS) is 15.6. The minimum Gasteiger partial charge on any atom is -0.488 e. The lowest BCUT2D eigenvalue weighted by molar-refractivity contribution is -0.900. The molecule has 152 valence electrons. The second kappa shape index (κ2) is 8.24. The zero-order valence-electron chi connectivity index (χ0n) is 15.8. The molecule has 1 fully saturated rings. The van der Waals surface area contributed by atoms with Crippen molar-refractivity contribution in [1.29, 1.82) is 0 Å². The minimum atomic E-state index is -4.57. The quantitative estimate of drug-likeness (QED) is 0.711. The molecule has 0 aliphatic carbocycles. The van der Waals surface area contributed by atoms with E-state index < -0.39 is 12.0 Å². The zero-order chi connectivity index (χ0) is 20.3. The van der Waals surface area contributed by atoms with E-state index >= 15 is 0 Å². The van der Waals surface area contributed by atoms with Crippen molar-refractivity contribution >= 4 is 16.7 Å². The van der Waals surface area contributed by atoms with Crippen molar-refractivity contribution < 1.29 is 22.8 Å². The Kier molecular flexibility index (Phi) is 5.53. The molecule has 1 saturated heterocycles. The van der Waals surface area contributed by atoms with Crippen LogP contribution in [0.25, 0.3) is 10.9 Å². The molecule has 0 saturated carbocycles. The molecule has 2 heterocycles. The number of piperazine rings is 1. The molecule has 1 N–H and O–H groups in total. The van der Waals surface area contributed by atoms with Crippen LogP contribution < -0.4 is 14.5 Å². The van der Waals surface area contributed by atoms with Crippen molar-refractivity contribution in [1.82, 2.24) is 9.97 Å². The van der Waals surface area contributed by atoms with Crippen molar-refractivity contribution in [2.45, 2.75) is 6.18 Å². The Balaban J connectivity index is 1.42. The van der Waals surface area contributed by atoms with Gasteiger partial charge in [-0.25, -0.2) is 9.97 Å². The van der Waals surface area contributed by atoms with Crippen LogP contribution >= 0.6 is 0 Å². The fourth-order valence-corrected chi connectivity index (χ4v) is 3.54. The van der Waals surface area contributed by atoms with Crippen LogP contribution in [0.1, 0.15) is 5.82 Å². The van der Waals surface area contributed by atoms with E-state index in [0.29, 0.717) is 36.4 Å². The number of quaternary nitrogens is 1. The third kappa shape index (κ3) is 4.59. The van der Waals surface area contributed by atoms with Gasteiger partial charge in [0.15, 0.2) is 0 Å². The van der Waals surface area contributed by atoms with E-state index in [9.17, 15) is 13.2 Å². The number of benzene rings is 2. The Bertz CT molecular complexity index is 957. The number of nitrogens with one attached hydrogen (secondary N) is 1. The van der Waals surface area contributed by atoms with Crippen LogP contribution in [0.4, 0.5) is 19.0 Å². The monoisotopic (exact) mass is 403 g/mol. The van der Waals surface area contributed by atoms with Crippen LogP contribution in [0.5, 0.6) is 5.75 Å². The van der Waals surface area contributed by atoms with E-state index in [0.717, 1.165) is 25.4 Å². The first-order valence-electron chi connectivity index (χ1n) is 9.61. The summed E-state index contributed by atoms with van der Waals surface area (Å²) >= 11 is 0. The van der Waals surface area contributed by atoms with Crippen molar-refractivity contribution in [2.75, 3.05) is 44.2 Å². The standard InChI is InChI=1S/C21H21F3N4O/c22-21(23,24)20-25-18-9-5-4-8-17(18)19(26-20)28-12-10-27(11-13-28)14-15-29-16-6-2-1-3-7-16/h1-9H,10-15H2/p+1. The van der Waals surface area contributed by atoms with E-state index in [2.05, 4.69) is 9.97 Å². The first-order chi connectivity index (χ1) is 14.0. The molecule has 0 bridgehead atoms. The highest BCUT2D eigenvalue weighted by molar-refractivity contribution is 5.89. The molecular weight excluding hydrogens is 381 g/mol. The summed E-state index contributed by atoms with van der Waals surface area (Å²) in [6.45, 7) is 4.36. The molecular formula is C21H22F3N4O+. The molecule has 0 radical (unpaired) electrons. The van der Waals surface area contributed by atoms with Crippen molar-refractivity contribution in [3.05, 3.63) is 60.4 Å². The van der Waals surface area contributed by atoms with E-state index in [1.165, 1.54) is 4.90 Å². The van der Waals surface area contributed by atoms with Crippen molar-refractivity contribution in [2.24, 2.45) is 0 Å². The zero-order valence-corrected chi connectivity index (χ0v) is 15.8. The van der Waals surface area contributed by atoms with Gasteiger partial charge in [0.1, 0.15) is 24.7 Å². The highest BCUT2D eigenvalue weighted by atomic mass is 19.4. The summed E-state index contributed by atoms with van der Waals surface area (Å²) in [5.74, 6) is 0.123. The van der Waals surface area contributed by atoms with Gasteiger partial charge >= 0.3 is 6.18 Å². The molecule has 1 aromatic heterocycles. The van der Waals surface area contributed by atoms with E-state index in [1.54, 1.807) is 24.3 Å². The van der Waals surface area contributed by atoms with Crippen LogP contribution in [0, 0.1) is 0 Å². The van der Waals surface area contributed by atoms with Gasteiger partial charge in [-0.15, -0.1) is 0 Å². The Morgan fingerprint density at radius 1 is 0.931 bits per heavy atom. The van der Waals surface area contributed by atoms with Crippen LogP contribution in [-0.2, 0) is 6.18 Å². The van der Waals surface area contributed by atoms with Gasteiger partial charge in [-0.05, 0) is 24.3 Å². The Hall–Kier alpha value is -2.87. The number of rotatable bonds is 5. The molecule has 0 spiro atoms. The van der Waals surface area contributed by atoms with E-state index in [1.807, 2.05) is 35.2 Å². The van der Waals surface area contributed by atoms with Crippen molar-refractivity contribution in [3.63, 3.8) is 0 Å². The molecule has 4 rings (SSSR count). The molecule has 3 aromatic rings. The Morgan fingerprint density at radius 2 is 1.62 bits per heavy atom. The summed E-state index contributed by atoms with van der Waals surface area (Å²) in [6.07, 6.45) is -4.57. The summed E-state index contributed by atoms with van der Waals surface area (Å²) < 4.78 is 45.5. The molecule has 1 aliphatic rings. The third-order valence-corrected chi connectivity index (χ3v) is 5.07. The first kappa shape index (κ1) is 19.4. The number of hydrogen-bond donors (Lipinski definition) is 1. The number of alkyl halides is 3. The highest BCUT2D eigenvalue weighted by Gasteiger charge is 2.36. The Morgan fingerprint density at radius 3 is 2.34 bits per heavy atom. The van der Waals surface area contributed by atoms with Crippen LogP contribution in [-0.4, -0.2) is 49.3 Å². The summed E-state index contributed by atoms with van der Waals surface area (Å²) in [7, 11) is 0. The highest BCUT2D eigenvalue weighted by Crippen LogP contribution is 2.31. The fraction of sp³-hybridized carbons (Fsp3) is 0.333. The molecule has 1 aliphatic heterocycles. The van der Waals surface area contributed by atoms with Crippen molar-refractivity contribution in [3.8, 4) is 5.75 Å². The largest absolute Gasteiger partial charge is 0.488 e. The maximum absolute atomic E-state index is 13.2. The predicted octanol–water partition coefficient (Wildman–Crippen LogP) is 2.43. The topological polar surface area (TPSA) is 42.7 Å². The van der Waals surface area contributed by atoms with Gasteiger partial charge in [0.25, 0.3) is 0 Å². The summed E-state index contributed by atoms with van der Waals surface area (Å²) in [5, 5.41) is 0.649. The molecule has 2 aromatic carbocycles. The maximum Gasteiger partial charge on any atom is 0.451 e. The molecule has 29 heavy (non-hydrogen) atoms. The molecule has 0 amide bonds. The number of ether oxygens (including phenoxy) is 1.